The van der Waals surface area contributed by atoms with E-state index in [1.165, 1.54) is 4.90 Å². The second-order valence-corrected chi connectivity index (χ2v) is 5.13. The molecule has 0 aromatic heterocycles. The molecule has 96 valence electrons. The molecule has 1 aliphatic heterocycles. The zero-order valence-electron chi connectivity index (χ0n) is 10.7. The van der Waals surface area contributed by atoms with Crippen molar-refractivity contribution in [3.8, 4) is 0 Å². The van der Waals surface area contributed by atoms with Gasteiger partial charge in [0.15, 0.2) is 0 Å². The Balaban J connectivity index is 2.83. The van der Waals surface area contributed by atoms with Crippen molar-refractivity contribution in [2.24, 2.45) is 11.1 Å². The van der Waals surface area contributed by atoms with Gasteiger partial charge in [0.1, 0.15) is 6.04 Å². The Labute approximate surface area is 101 Å². The average Bonchev–Trinajstić information content (AvgIpc) is 2.75. The summed E-state index contributed by atoms with van der Waals surface area (Å²) in [5, 5.41) is 0. The van der Waals surface area contributed by atoms with Crippen LogP contribution < -0.4 is 5.73 Å². The molecule has 0 unspecified atom stereocenters. The van der Waals surface area contributed by atoms with E-state index in [0.717, 1.165) is 6.42 Å². The number of hydrogen-bond donors (Lipinski definition) is 1. The van der Waals surface area contributed by atoms with Crippen LogP contribution in [0.25, 0.3) is 0 Å². The highest BCUT2D eigenvalue weighted by atomic mass is 16.2. The third-order valence-corrected chi connectivity index (χ3v) is 3.53. The van der Waals surface area contributed by atoms with Gasteiger partial charge >= 0.3 is 0 Å². The van der Waals surface area contributed by atoms with Gasteiger partial charge in [0, 0.05) is 12.0 Å². The van der Waals surface area contributed by atoms with Crippen LogP contribution in [0.1, 0.15) is 40.0 Å². The monoisotopic (exact) mass is 240 g/mol. The molecule has 2 N–H and O–H groups in total. The van der Waals surface area contributed by atoms with Crippen molar-refractivity contribution in [1.29, 1.82) is 0 Å². The van der Waals surface area contributed by atoms with E-state index in [2.05, 4.69) is 0 Å². The van der Waals surface area contributed by atoms with E-state index in [1.807, 2.05) is 6.92 Å². The minimum absolute atomic E-state index is 0.437. The zero-order valence-corrected chi connectivity index (χ0v) is 10.7. The minimum atomic E-state index is -0.679. The standard InChI is InChI=1S/C12H20N2O3/c1-4-12(2,3)9(15)11(17)14-7-5-6-8(14)10(13)16/h8H,4-7H2,1-3H3,(H2,13,16)/t8-/m0/s1. The lowest BCUT2D eigenvalue weighted by Crippen LogP contribution is -2.49. The first kappa shape index (κ1) is 13.7. The summed E-state index contributed by atoms with van der Waals surface area (Å²) in [6.45, 7) is 5.78. The lowest BCUT2D eigenvalue weighted by Gasteiger charge is -2.26. The summed E-state index contributed by atoms with van der Waals surface area (Å²) in [7, 11) is 0. The molecule has 2 amide bonds. The Hall–Kier alpha value is -1.39. The summed E-state index contributed by atoms with van der Waals surface area (Å²) in [5.74, 6) is -1.54. The molecule has 1 rings (SSSR count). The van der Waals surface area contributed by atoms with Gasteiger partial charge in [-0.2, -0.15) is 0 Å². The number of ketones is 1. The highest BCUT2D eigenvalue weighted by Crippen LogP contribution is 2.25. The highest BCUT2D eigenvalue weighted by Gasteiger charge is 2.40. The largest absolute Gasteiger partial charge is 0.368 e. The third-order valence-electron chi connectivity index (χ3n) is 3.53. The third kappa shape index (κ3) is 2.65. The maximum atomic E-state index is 12.0. The van der Waals surface area contributed by atoms with Gasteiger partial charge < -0.3 is 10.6 Å². The summed E-state index contributed by atoms with van der Waals surface area (Å²) in [4.78, 5) is 36.5. The van der Waals surface area contributed by atoms with Crippen LogP contribution in [0, 0.1) is 5.41 Å². The van der Waals surface area contributed by atoms with Crippen LogP contribution in [-0.4, -0.2) is 35.1 Å². The number of nitrogens with zero attached hydrogens (tertiary/aromatic N) is 1. The summed E-state index contributed by atoms with van der Waals surface area (Å²) in [5.41, 5.74) is 4.54. The number of amides is 2. The fourth-order valence-electron chi connectivity index (χ4n) is 1.89. The Morgan fingerprint density at radius 2 is 1.94 bits per heavy atom. The lowest BCUT2D eigenvalue weighted by atomic mass is 9.84. The molecular formula is C12H20N2O3. The van der Waals surface area contributed by atoms with Gasteiger partial charge in [0.05, 0.1) is 0 Å². The van der Waals surface area contributed by atoms with Crippen LogP contribution in [0.15, 0.2) is 0 Å². The minimum Gasteiger partial charge on any atom is -0.368 e. The van der Waals surface area contributed by atoms with Crippen molar-refractivity contribution in [3.05, 3.63) is 0 Å². The molecule has 17 heavy (non-hydrogen) atoms. The van der Waals surface area contributed by atoms with Gasteiger partial charge in [0.25, 0.3) is 5.91 Å². The molecule has 1 atom stereocenters. The van der Waals surface area contributed by atoms with E-state index in [-0.39, 0.29) is 0 Å². The molecule has 1 aliphatic rings. The summed E-state index contributed by atoms with van der Waals surface area (Å²) in [6.07, 6.45) is 1.87. The normalized spacial score (nSPS) is 20.4. The van der Waals surface area contributed by atoms with Crippen molar-refractivity contribution in [2.45, 2.75) is 46.1 Å². The van der Waals surface area contributed by atoms with E-state index in [4.69, 9.17) is 5.73 Å². The van der Waals surface area contributed by atoms with E-state index in [0.29, 0.717) is 19.4 Å². The predicted octanol–water partition coefficient (Wildman–Crippen LogP) is 0.468. The maximum absolute atomic E-state index is 12.0. The molecule has 1 fully saturated rings. The van der Waals surface area contributed by atoms with Crippen molar-refractivity contribution < 1.29 is 14.4 Å². The average molecular weight is 240 g/mol. The molecule has 0 radical (unpaired) electrons. The fourth-order valence-corrected chi connectivity index (χ4v) is 1.89. The van der Waals surface area contributed by atoms with E-state index in [9.17, 15) is 14.4 Å². The molecule has 1 heterocycles. The first-order chi connectivity index (χ1) is 7.81. The highest BCUT2D eigenvalue weighted by molar-refractivity contribution is 6.38. The topological polar surface area (TPSA) is 80.5 Å². The van der Waals surface area contributed by atoms with Crippen molar-refractivity contribution >= 4 is 17.6 Å². The number of rotatable bonds is 4. The Morgan fingerprint density at radius 3 is 2.41 bits per heavy atom. The Morgan fingerprint density at radius 1 is 1.35 bits per heavy atom. The van der Waals surface area contributed by atoms with Crippen LogP contribution in [0.3, 0.4) is 0 Å². The van der Waals surface area contributed by atoms with E-state index in [1.54, 1.807) is 13.8 Å². The first-order valence-electron chi connectivity index (χ1n) is 5.96. The van der Waals surface area contributed by atoms with E-state index >= 15 is 0 Å². The summed E-state index contributed by atoms with van der Waals surface area (Å²) in [6, 6.07) is -0.612. The van der Waals surface area contributed by atoms with Crippen LogP contribution >= 0.6 is 0 Å². The maximum Gasteiger partial charge on any atom is 0.291 e. The second kappa shape index (κ2) is 4.85. The predicted molar refractivity (Wildman–Crippen MR) is 63.0 cm³/mol. The molecule has 0 spiro atoms. The molecule has 0 aromatic rings. The number of carbonyl (C=O) groups excluding carboxylic acids is 3. The number of hydrogen-bond acceptors (Lipinski definition) is 3. The molecule has 1 saturated heterocycles. The number of likely N-dealkylation sites (tertiary alicyclic amines) is 1. The summed E-state index contributed by atoms with van der Waals surface area (Å²) < 4.78 is 0. The van der Waals surface area contributed by atoms with Crippen molar-refractivity contribution in [3.63, 3.8) is 0 Å². The molecule has 0 saturated carbocycles. The smallest absolute Gasteiger partial charge is 0.291 e. The molecule has 0 bridgehead atoms. The van der Waals surface area contributed by atoms with Crippen LogP contribution in [0.2, 0.25) is 0 Å². The first-order valence-corrected chi connectivity index (χ1v) is 5.96. The van der Waals surface area contributed by atoms with Gasteiger partial charge in [-0.15, -0.1) is 0 Å². The van der Waals surface area contributed by atoms with Gasteiger partial charge in [-0.3, -0.25) is 14.4 Å². The molecule has 5 nitrogen and oxygen atoms in total. The number of Topliss-reactive ketones (excluding diaryl/α,β-unsaturated/α-hetero) is 1. The fraction of sp³-hybridized carbons (Fsp3) is 0.750. The Kier molecular flexibility index (Phi) is 3.91. The number of primary amides is 1. The quantitative estimate of drug-likeness (QED) is 0.725. The lowest BCUT2D eigenvalue weighted by molar-refractivity contribution is -0.151. The molecule has 0 aliphatic carbocycles. The van der Waals surface area contributed by atoms with Crippen molar-refractivity contribution in [1.82, 2.24) is 4.90 Å². The van der Waals surface area contributed by atoms with Gasteiger partial charge in [0.2, 0.25) is 11.7 Å². The van der Waals surface area contributed by atoms with Crippen molar-refractivity contribution in [2.75, 3.05) is 6.54 Å². The van der Waals surface area contributed by atoms with Gasteiger partial charge in [-0.1, -0.05) is 20.8 Å². The van der Waals surface area contributed by atoms with Crippen LogP contribution in [-0.2, 0) is 14.4 Å². The second-order valence-electron chi connectivity index (χ2n) is 5.13. The van der Waals surface area contributed by atoms with Gasteiger partial charge in [-0.05, 0) is 19.3 Å². The molecule has 0 aromatic carbocycles. The van der Waals surface area contributed by atoms with Gasteiger partial charge in [-0.25, -0.2) is 0 Å². The van der Waals surface area contributed by atoms with E-state index < -0.39 is 29.1 Å². The van der Waals surface area contributed by atoms with Crippen LogP contribution in [0.4, 0.5) is 0 Å². The summed E-state index contributed by atoms with van der Waals surface area (Å²) >= 11 is 0. The molecular weight excluding hydrogens is 220 g/mol. The van der Waals surface area contributed by atoms with Crippen LogP contribution in [0.5, 0.6) is 0 Å². The Bertz CT molecular complexity index is 350. The SMILES string of the molecule is CCC(C)(C)C(=O)C(=O)N1CCC[C@H]1C(N)=O. The number of carbonyl (C=O) groups is 3. The zero-order chi connectivity index (χ0) is 13.2. The molecule has 5 heteroatoms. The number of nitrogens with two attached hydrogens (primary N) is 1.